The van der Waals surface area contributed by atoms with Gasteiger partial charge in [0.15, 0.2) is 0 Å². The summed E-state index contributed by atoms with van der Waals surface area (Å²) in [6.07, 6.45) is 5.42. The third kappa shape index (κ3) is 2.15. The van der Waals surface area contributed by atoms with Gasteiger partial charge in [-0.25, -0.2) is 4.98 Å². The molecule has 0 spiro atoms. The van der Waals surface area contributed by atoms with Crippen molar-refractivity contribution in [2.24, 2.45) is 12.8 Å². The maximum absolute atomic E-state index is 5.97. The van der Waals surface area contributed by atoms with Crippen LogP contribution in [0.4, 0.5) is 5.95 Å². The van der Waals surface area contributed by atoms with Crippen molar-refractivity contribution in [3.05, 3.63) is 11.9 Å². The van der Waals surface area contributed by atoms with Crippen LogP contribution in [-0.4, -0.2) is 28.7 Å². The van der Waals surface area contributed by atoms with Gasteiger partial charge in [0.2, 0.25) is 5.95 Å². The molecular formula is C11H20N4. The van der Waals surface area contributed by atoms with Crippen molar-refractivity contribution < 1.29 is 0 Å². The lowest BCUT2D eigenvalue weighted by atomic mass is 10.1. The van der Waals surface area contributed by atoms with E-state index in [1.165, 1.54) is 6.42 Å². The molecule has 4 heteroatoms. The smallest absolute Gasteiger partial charge is 0.205 e. The van der Waals surface area contributed by atoms with Crippen LogP contribution in [0.5, 0.6) is 0 Å². The van der Waals surface area contributed by atoms with Crippen LogP contribution in [0.15, 0.2) is 6.20 Å². The van der Waals surface area contributed by atoms with E-state index in [1.807, 2.05) is 0 Å². The molecule has 1 saturated heterocycles. The quantitative estimate of drug-likeness (QED) is 0.786. The van der Waals surface area contributed by atoms with Crippen LogP contribution in [0.1, 0.15) is 25.5 Å². The maximum atomic E-state index is 5.97. The van der Waals surface area contributed by atoms with E-state index in [2.05, 4.69) is 34.6 Å². The molecular weight excluding hydrogens is 188 g/mol. The Bertz CT molecular complexity index is 331. The number of imidazole rings is 1. The lowest BCUT2D eigenvalue weighted by Gasteiger charge is -2.31. The molecule has 0 amide bonds. The molecule has 1 atom stereocenters. The lowest BCUT2D eigenvalue weighted by Crippen LogP contribution is -2.43. The molecule has 0 aromatic carbocycles. The van der Waals surface area contributed by atoms with Crippen molar-refractivity contribution in [3.63, 3.8) is 0 Å². The van der Waals surface area contributed by atoms with E-state index in [-0.39, 0.29) is 0 Å². The second kappa shape index (κ2) is 4.23. The van der Waals surface area contributed by atoms with E-state index in [0.29, 0.717) is 6.04 Å². The minimum atomic E-state index is 0.306. The van der Waals surface area contributed by atoms with Gasteiger partial charge in [0.05, 0.1) is 5.69 Å². The van der Waals surface area contributed by atoms with Crippen LogP contribution in [-0.2, 0) is 13.5 Å². The average Bonchev–Trinajstić information content (AvgIpc) is 2.60. The fourth-order valence-electron chi connectivity index (χ4n) is 2.17. The second-order valence-corrected chi connectivity index (χ2v) is 4.35. The van der Waals surface area contributed by atoms with Crippen LogP contribution in [0.25, 0.3) is 0 Å². The number of nitrogens with zero attached hydrogens (tertiary/aromatic N) is 3. The molecule has 2 rings (SSSR count). The fraction of sp³-hybridized carbons (Fsp3) is 0.727. The number of rotatable bonds is 2. The first-order valence-electron chi connectivity index (χ1n) is 5.73. The summed E-state index contributed by atoms with van der Waals surface area (Å²) in [7, 11) is 2.06. The topological polar surface area (TPSA) is 47.1 Å². The van der Waals surface area contributed by atoms with Crippen molar-refractivity contribution >= 4 is 5.95 Å². The predicted octanol–water partition coefficient (Wildman–Crippen LogP) is 0.910. The molecule has 1 aliphatic heterocycles. The minimum absolute atomic E-state index is 0.306. The van der Waals surface area contributed by atoms with Crippen molar-refractivity contribution in [3.8, 4) is 0 Å². The van der Waals surface area contributed by atoms with Crippen molar-refractivity contribution in [2.75, 3.05) is 18.0 Å². The Morgan fingerprint density at radius 3 is 3.00 bits per heavy atom. The Labute approximate surface area is 91.1 Å². The van der Waals surface area contributed by atoms with E-state index < -0.39 is 0 Å². The Morgan fingerprint density at radius 2 is 2.40 bits per heavy atom. The molecule has 0 saturated carbocycles. The largest absolute Gasteiger partial charge is 0.341 e. The number of hydrogen-bond donors (Lipinski definition) is 1. The normalized spacial score (nSPS) is 22.1. The lowest BCUT2D eigenvalue weighted by molar-refractivity contribution is 0.496. The SMILES string of the molecule is CCc1cn(C)c(N2CCC[C@@H](N)C2)n1. The standard InChI is InChI=1S/C11H20N4/c1-3-10-8-14(2)11(13-10)15-6-4-5-9(12)7-15/h8-9H,3-7,12H2,1-2H3/t9-/m1/s1. The summed E-state index contributed by atoms with van der Waals surface area (Å²) in [5, 5.41) is 0. The number of anilines is 1. The van der Waals surface area contributed by atoms with Crippen LogP contribution in [0, 0.1) is 0 Å². The number of aromatic nitrogens is 2. The summed E-state index contributed by atoms with van der Waals surface area (Å²) in [6.45, 7) is 4.16. The highest BCUT2D eigenvalue weighted by Crippen LogP contribution is 2.18. The van der Waals surface area contributed by atoms with Crippen LogP contribution in [0.3, 0.4) is 0 Å². The Balaban J connectivity index is 2.16. The Hall–Kier alpha value is -1.03. The van der Waals surface area contributed by atoms with Gasteiger partial charge >= 0.3 is 0 Å². The van der Waals surface area contributed by atoms with Crippen molar-refractivity contribution in [1.82, 2.24) is 9.55 Å². The van der Waals surface area contributed by atoms with Crippen molar-refractivity contribution in [1.29, 1.82) is 0 Å². The fourth-order valence-corrected chi connectivity index (χ4v) is 2.17. The minimum Gasteiger partial charge on any atom is -0.341 e. The Kier molecular flexibility index (Phi) is 2.95. The summed E-state index contributed by atoms with van der Waals surface area (Å²) in [4.78, 5) is 6.92. The highest BCUT2D eigenvalue weighted by molar-refractivity contribution is 5.34. The van der Waals surface area contributed by atoms with Crippen LogP contribution >= 0.6 is 0 Å². The van der Waals surface area contributed by atoms with E-state index >= 15 is 0 Å². The van der Waals surface area contributed by atoms with E-state index in [4.69, 9.17) is 5.73 Å². The predicted molar refractivity (Wildman–Crippen MR) is 62.0 cm³/mol. The zero-order valence-electron chi connectivity index (χ0n) is 9.61. The van der Waals surface area contributed by atoms with Gasteiger partial charge in [-0.15, -0.1) is 0 Å². The molecule has 1 aromatic rings. The molecule has 1 aliphatic rings. The summed E-state index contributed by atoms with van der Waals surface area (Å²) in [5.74, 6) is 1.07. The summed E-state index contributed by atoms with van der Waals surface area (Å²) >= 11 is 0. The molecule has 15 heavy (non-hydrogen) atoms. The first kappa shape index (κ1) is 10.5. The van der Waals surface area contributed by atoms with Gasteiger partial charge in [-0.05, 0) is 19.3 Å². The number of piperidine rings is 1. The zero-order valence-corrected chi connectivity index (χ0v) is 9.61. The second-order valence-electron chi connectivity index (χ2n) is 4.35. The van der Waals surface area contributed by atoms with Crippen LogP contribution < -0.4 is 10.6 Å². The van der Waals surface area contributed by atoms with Gasteiger partial charge in [-0.2, -0.15) is 0 Å². The summed E-state index contributed by atoms with van der Waals surface area (Å²) < 4.78 is 2.11. The Morgan fingerprint density at radius 1 is 1.60 bits per heavy atom. The van der Waals surface area contributed by atoms with Gasteiger partial charge in [0, 0.05) is 32.4 Å². The maximum Gasteiger partial charge on any atom is 0.205 e. The summed E-state index contributed by atoms with van der Waals surface area (Å²) in [5.41, 5.74) is 7.13. The van der Waals surface area contributed by atoms with Crippen molar-refractivity contribution in [2.45, 2.75) is 32.2 Å². The first-order chi connectivity index (χ1) is 7.20. The third-order valence-corrected chi connectivity index (χ3v) is 3.00. The zero-order chi connectivity index (χ0) is 10.8. The highest BCUT2D eigenvalue weighted by Gasteiger charge is 2.20. The first-order valence-corrected chi connectivity index (χ1v) is 5.73. The molecule has 0 unspecified atom stereocenters. The van der Waals surface area contributed by atoms with Crippen LogP contribution in [0.2, 0.25) is 0 Å². The average molecular weight is 208 g/mol. The molecule has 84 valence electrons. The number of aryl methyl sites for hydroxylation is 2. The highest BCUT2D eigenvalue weighted by atomic mass is 15.3. The monoisotopic (exact) mass is 208 g/mol. The molecule has 4 nitrogen and oxygen atoms in total. The summed E-state index contributed by atoms with van der Waals surface area (Å²) in [6, 6.07) is 0.306. The van der Waals surface area contributed by atoms with Gasteiger partial charge in [-0.3, -0.25) is 0 Å². The molecule has 2 heterocycles. The van der Waals surface area contributed by atoms with Gasteiger partial charge < -0.3 is 15.2 Å². The number of hydrogen-bond acceptors (Lipinski definition) is 3. The van der Waals surface area contributed by atoms with E-state index in [9.17, 15) is 0 Å². The molecule has 1 fully saturated rings. The van der Waals surface area contributed by atoms with E-state index in [1.54, 1.807) is 0 Å². The number of nitrogens with two attached hydrogens (primary N) is 1. The van der Waals surface area contributed by atoms with Gasteiger partial charge in [0.1, 0.15) is 0 Å². The molecule has 0 bridgehead atoms. The molecule has 1 aromatic heterocycles. The third-order valence-electron chi connectivity index (χ3n) is 3.00. The van der Waals surface area contributed by atoms with Gasteiger partial charge in [0.25, 0.3) is 0 Å². The molecule has 2 N–H and O–H groups in total. The van der Waals surface area contributed by atoms with Gasteiger partial charge in [-0.1, -0.05) is 6.92 Å². The van der Waals surface area contributed by atoms with E-state index in [0.717, 1.165) is 37.6 Å². The molecule has 0 radical (unpaired) electrons. The molecule has 0 aliphatic carbocycles.